The summed E-state index contributed by atoms with van der Waals surface area (Å²) in [7, 11) is 1.53. The van der Waals surface area contributed by atoms with Gasteiger partial charge in [-0.3, -0.25) is 9.69 Å². The number of rotatable bonds is 7. The Kier molecular flexibility index (Phi) is 7.84. The number of benzene rings is 1. The maximum absolute atomic E-state index is 14.0. The summed E-state index contributed by atoms with van der Waals surface area (Å²) in [4.78, 5) is 26.1. The zero-order chi connectivity index (χ0) is 30.4. The molecule has 12 heteroatoms. The normalized spacial score (nSPS) is 26.4. The number of ketones is 1. The van der Waals surface area contributed by atoms with E-state index in [9.17, 15) is 18.0 Å². The average molecular weight is 600 g/mol. The predicted molar refractivity (Wildman–Crippen MR) is 155 cm³/mol. The fourth-order valence-corrected chi connectivity index (χ4v) is 6.41. The van der Waals surface area contributed by atoms with Crippen LogP contribution < -0.4 is 19.7 Å². The highest BCUT2D eigenvalue weighted by Crippen LogP contribution is 2.49. The Morgan fingerprint density at radius 2 is 1.91 bits per heavy atom. The van der Waals surface area contributed by atoms with Crippen LogP contribution in [0.5, 0.6) is 11.6 Å². The van der Waals surface area contributed by atoms with E-state index in [2.05, 4.69) is 25.1 Å². The third kappa shape index (κ3) is 5.58. The van der Waals surface area contributed by atoms with Crippen LogP contribution in [0.1, 0.15) is 32.3 Å². The van der Waals surface area contributed by atoms with E-state index in [1.54, 1.807) is 25.1 Å². The molecule has 0 radical (unpaired) electrons. The van der Waals surface area contributed by atoms with Crippen LogP contribution >= 0.6 is 0 Å². The number of piperazine rings is 1. The third-order valence-electron chi connectivity index (χ3n) is 9.23. The first kappa shape index (κ1) is 29.4. The van der Waals surface area contributed by atoms with Gasteiger partial charge in [-0.2, -0.15) is 18.2 Å². The van der Waals surface area contributed by atoms with Gasteiger partial charge in [0, 0.05) is 50.0 Å². The highest BCUT2D eigenvalue weighted by atomic mass is 19.4. The summed E-state index contributed by atoms with van der Waals surface area (Å²) in [6.07, 6.45) is 2.60. The van der Waals surface area contributed by atoms with Gasteiger partial charge >= 0.3 is 6.18 Å². The van der Waals surface area contributed by atoms with Gasteiger partial charge in [0.2, 0.25) is 11.8 Å². The molecule has 1 N–H and O–H groups in total. The van der Waals surface area contributed by atoms with E-state index in [0.717, 1.165) is 57.9 Å². The van der Waals surface area contributed by atoms with E-state index < -0.39 is 23.0 Å². The van der Waals surface area contributed by atoms with E-state index in [0.29, 0.717) is 23.7 Å². The summed E-state index contributed by atoms with van der Waals surface area (Å²) in [5.41, 5.74) is -0.731. The molecule has 3 atom stereocenters. The monoisotopic (exact) mass is 599 g/mol. The van der Waals surface area contributed by atoms with Gasteiger partial charge in [0.1, 0.15) is 22.9 Å². The number of Topliss-reactive ketones (excluding diaryl/α,β-unsaturated/α-hetero) is 1. The molecular weight excluding hydrogens is 563 g/mol. The SMILES string of the molecule is COc1cc(N2CCN(C3COC3)CC2)ccc1Nc1ncc(C(F)(F)F)c(OC2=CC=CC3CCC(C)C(=O)C23C)n1. The number of carbonyl (C=O) groups is 1. The second-order valence-corrected chi connectivity index (χ2v) is 11.8. The molecule has 3 unspecified atom stereocenters. The van der Waals surface area contributed by atoms with Crippen LogP contribution in [-0.2, 0) is 15.7 Å². The first-order chi connectivity index (χ1) is 20.6. The van der Waals surface area contributed by atoms with Crippen molar-refractivity contribution >= 4 is 23.1 Å². The largest absolute Gasteiger partial charge is 0.494 e. The summed E-state index contributed by atoms with van der Waals surface area (Å²) < 4.78 is 59.0. The molecule has 2 aromatic rings. The summed E-state index contributed by atoms with van der Waals surface area (Å²) in [6.45, 7) is 8.77. The molecule has 0 amide bonds. The highest BCUT2D eigenvalue weighted by Gasteiger charge is 2.51. The van der Waals surface area contributed by atoms with Crippen LogP contribution in [0, 0.1) is 17.3 Å². The molecule has 3 heterocycles. The summed E-state index contributed by atoms with van der Waals surface area (Å²) in [5, 5.41) is 2.99. The lowest BCUT2D eigenvalue weighted by atomic mass is 9.61. The molecular formula is C31H36F3N5O4. The summed E-state index contributed by atoms with van der Waals surface area (Å²) in [6, 6.07) is 6.12. The number of allylic oxidation sites excluding steroid dienone is 4. The molecule has 9 nitrogen and oxygen atoms in total. The minimum atomic E-state index is -4.77. The molecule has 0 spiro atoms. The second kappa shape index (κ2) is 11.5. The van der Waals surface area contributed by atoms with Crippen molar-refractivity contribution in [3.05, 3.63) is 53.9 Å². The van der Waals surface area contributed by atoms with Crippen LogP contribution in [0.3, 0.4) is 0 Å². The van der Waals surface area contributed by atoms with Crippen molar-refractivity contribution in [3.63, 3.8) is 0 Å². The Bertz CT molecular complexity index is 1430. The Hall–Kier alpha value is -3.64. The van der Waals surface area contributed by atoms with E-state index in [4.69, 9.17) is 14.2 Å². The number of carbonyl (C=O) groups excluding carboxylic acids is 1. The van der Waals surface area contributed by atoms with Crippen molar-refractivity contribution in [2.24, 2.45) is 17.3 Å². The molecule has 0 bridgehead atoms. The Labute approximate surface area is 248 Å². The number of hydrogen-bond donors (Lipinski definition) is 1. The van der Waals surface area contributed by atoms with Crippen molar-refractivity contribution < 1.29 is 32.2 Å². The van der Waals surface area contributed by atoms with E-state index in [1.807, 2.05) is 25.1 Å². The van der Waals surface area contributed by atoms with Crippen molar-refractivity contribution in [1.29, 1.82) is 0 Å². The number of methoxy groups -OCH3 is 1. The average Bonchev–Trinajstić information content (AvgIpc) is 2.95. The molecule has 2 aliphatic heterocycles. The number of nitrogens with zero attached hydrogens (tertiary/aromatic N) is 4. The molecule has 230 valence electrons. The molecule has 4 aliphatic rings. The molecule has 3 fully saturated rings. The van der Waals surface area contributed by atoms with Gasteiger partial charge in [-0.15, -0.1) is 0 Å². The fourth-order valence-electron chi connectivity index (χ4n) is 6.41. The Morgan fingerprint density at radius 1 is 1.14 bits per heavy atom. The number of aromatic nitrogens is 2. The van der Waals surface area contributed by atoms with Gasteiger partial charge in [0.25, 0.3) is 0 Å². The molecule has 1 saturated carbocycles. The zero-order valence-corrected chi connectivity index (χ0v) is 24.5. The Balaban J connectivity index is 1.24. The smallest absolute Gasteiger partial charge is 0.423 e. The van der Waals surface area contributed by atoms with Gasteiger partial charge < -0.3 is 24.4 Å². The summed E-state index contributed by atoms with van der Waals surface area (Å²) in [5.74, 6) is -0.549. The number of anilines is 3. The highest BCUT2D eigenvalue weighted by molar-refractivity contribution is 5.90. The van der Waals surface area contributed by atoms with Gasteiger partial charge in [-0.1, -0.05) is 19.1 Å². The lowest BCUT2D eigenvalue weighted by Crippen LogP contribution is -2.56. The van der Waals surface area contributed by atoms with Gasteiger partial charge in [-0.05, 0) is 43.9 Å². The second-order valence-electron chi connectivity index (χ2n) is 11.8. The molecule has 6 rings (SSSR count). The first-order valence-corrected chi connectivity index (χ1v) is 14.6. The maximum atomic E-state index is 14.0. The van der Waals surface area contributed by atoms with Crippen molar-refractivity contribution in [3.8, 4) is 11.6 Å². The van der Waals surface area contributed by atoms with Crippen LogP contribution in [0.4, 0.5) is 30.5 Å². The minimum absolute atomic E-state index is 0.0522. The van der Waals surface area contributed by atoms with E-state index in [1.165, 1.54) is 7.11 Å². The Morgan fingerprint density at radius 3 is 2.58 bits per heavy atom. The third-order valence-corrected chi connectivity index (χ3v) is 9.23. The van der Waals surface area contributed by atoms with Crippen LogP contribution in [0.15, 0.2) is 48.4 Å². The van der Waals surface area contributed by atoms with Gasteiger partial charge in [0.05, 0.1) is 37.5 Å². The topological polar surface area (TPSA) is 89.0 Å². The number of nitrogens with one attached hydrogen (secondary N) is 1. The van der Waals surface area contributed by atoms with Gasteiger partial charge in [-0.25, -0.2) is 4.98 Å². The molecule has 1 aromatic carbocycles. The molecule has 1 aromatic heterocycles. The van der Waals surface area contributed by atoms with Crippen molar-refractivity contribution in [2.45, 2.75) is 38.9 Å². The first-order valence-electron chi connectivity index (χ1n) is 14.6. The number of fused-ring (bicyclic) bond motifs is 1. The van der Waals surface area contributed by atoms with Crippen LogP contribution in [0.2, 0.25) is 0 Å². The van der Waals surface area contributed by atoms with E-state index >= 15 is 0 Å². The van der Waals surface area contributed by atoms with Crippen molar-refractivity contribution in [1.82, 2.24) is 14.9 Å². The molecule has 2 saturated heterocycles. The lowest BCUT2D eigenvalue weighted by Gasteiger charge is -2.43. The van der Waals surface area contributed by atoms with E-state index in [-0.39, 0.29) is 29.3 Å². The number of ether oxygens (including phenoxy) is 3. The van der Waals surface area contributed by atoms with Crippen LogP contribution in [0.25, 0.3) is 0 Å². The number of hydrogen-bond acceptors (Lipinski definition) is 9. The van der Waals surface area contributed by atoms with Crippen LogP contribution in [-0.4, -0.2) is 73.2 Å². The predicted octanol–water partition coefficient (Wildman–Crippen LogP) is 5.22. The quantitative estimate of drug-likeness (QED) is 0.460. The lowest BCUT2D eigenvalue weighted by molar-refractivity contribution is -0.139. The number of alkyl halides is 3. The number of halogens is 3. The van der Waals surface area contributed by atoms with Crippen molar-refractivity contribution in [2.75, 3.05) is 56.7 Å². The molecule has 2 aliphatic carbocycles. The molecule has 43 heavy (non-hydrogen) atoms. The standard InChI is InChI=1S/C31H36F3N5O4/c1-19-7-8-20-5-4-6-26(30(20,2)27(19)40)43-28-23(31(32,33)34)16-35-29(37-28)36-24-10-9-21(15-25(24)41-3)38-11-13-39(14-12-38)22-17-42-18-22/h4-6,9-10,15-16,19-20,22H,7-8,11-14,17-18H2,1-3H3,(H,35,36,37). The summed E-state index contributed by atoms with van der Waals surface area (Å²) >= 11 is 0. The minimum Gasteiger partial charge on any atom is -0.494 e. The maximum Gasteiger partial charge on any atom is 0.423 e. The zero-order valence-electron chi connectivity index (χ0n) is 24.5. The fraction of sp³-hybridized carbons (Fsp3) is 0.516. The van der Waals surface area contributed by atoms with Gasteiger partial charge in [0.15, 0.2) is 0 Å².